The van der Waals surface area contributed by atoms with E-state index >= 15 is 0 Å². The van der Waals surface area contributed by atoms with Crippen molar-refractivity contribution in [3.05, 3.63) is 41.2 Å². The van der Waals surface area contributed by atoms with Crippen molar-refractivity contribution in [2.75, 3.05) is 24.5 Å². The number of carbonyl (C=O) groups excluding carboxylic acids is 2. The number of rotatable bonds is 4. The maximum absolute atomic E-state index is 14.9. The van der Waals surface area contributed by atoms with Gasteiger partial charge < -0.3 is 25.0 Å². The molecule has 1 saturated heterocycles. The Morgan fingerprint density at radius 1 is 1.21 bits per heavy atom. The lowest BCUT2D eigenvalue weighted by atomic mass is 10.1. The lowest BCUT2D eigenvalue weighted by Crippen LogP contribution is -2.50. The Labute approximate surface area is 198 Å². The molecule has 10 heteroatoms. The fourth-order valence-corrected chi connectivity index (χ4v) is 4.24. The van der Waals surface area contributed by atoms with Crippen LogP contribution in [-0.4, -0.2) is 64.4 Å². The molecule has 4 rings (SSSR count). The summed E-state index contributed by atoms with van der Waals surface area (Å²) in [6, 6.07) is 5.35. The van der Waals surface area contributed by atoms with Crippen LogP contribution in [0, 0.1) is 6.92 Å². The third kappa shape index (κ3) is 4.90. The molecule has 2 aliphatic rings. The summed E-state index contributed by atoms with van der Waals surface area (Å²) >= 11 is 0. The fraction of sp³-hybridized carbons (Fsp3) is 0.500. The number of nitrogens with two attached hydrogens (primary N) is 1. The third-order valence-electron chi connectivity index (χ3n) is 5.92. The van der Waals surface area contributed by atoms with Crippen LogP contribution >= 0.6 is 0 Å². The monoisotopic (exact) mass is 471 g/mol. The number of piperidine rings is 1. The van der Waals surface area contributed by atoms with Crippen molar-refractivity contribution < 1.29 is 23.5 Å². The van der Waals surface area contributed by atoms with Crippen LogP contribution in [0.15, 0.2) is 24.5 Å². The summed E-state index contributed by atoms with van der Waals surface area (Å²) in [5, 5.41) is 0. The molecule has 0 radical (unpaired) electrons. The largest absolute Gasteiger partial charge is 0.471 e. The van der Waals surface area contributed by atoms with Gasteiger partial charge in [0.15, 0.2) is 6.17 Å². The minimum atomic E-state index is -1.38. The summed E-state index contributed by atoms with van der Waals surface area (Å²) in [5.74, 6) is 0.511. The number of nitrogens with zero attached hydrogens (tertiary/aromatic N) is 4. The summed E-state index contributed by atoms with van der Waals surface area (Å²) in [4.78, 5) is 35.9. The Kier molecular flexibility index (Phi) is 6.33. The first-order valence-corrected chi connectivity index (χ1v) is 11.3. The summed E-state index contributed by atoms with van der Waals surface area (Å²) < 4.78 is 26.3. The van der Waals surface area contributed by atoms with Gasteiger partial charge in [0, 0.05) is 30.8 Å². The zero-order valence-corrected chi connectivity index (χ0v) is 19.9. The van der Waals surface area contributed by atoms with Crippen LogP contribution in [0.3, 0.4) is 0 Å². The molecule has 1 aromatic heterocycles. The molecule has 2 aliphatic heterocycles. The second-order valence-corrected chi connectivity index (χ2v) is 9.62. The maximum Gasteiger partial charge on any atom is 0.410 e. The van der Waals surface area contributed by atoms with E-state index in [1.807, 2.05) is 17.9 Å². The molecule has 182 valence electrons. The molecule has 0 aliphatic carbocycles. The van der Waals surface area contributed by atoms with Crippen LogP contribution < -0.4 is 15.4 Å². The molecule has 3 heterocycles. The maximum atomic E-state index is 14.9. The van der Waals surface area contributed by atoms with Crippen LogP contribution in [-0.2, 0) is 11.2 Å². The van der Waals surface area contributed by atoms with Gasteiger partial charge in [-0.15, -0.1) is 0 Å². The molecule has 0 saturated carbocycles. The quantitative estimate of drug-likeness (QED) is 0.728. The van der Waals surface area contributed by atoms with Gasteiger partial charge in [0.25, 0.3) is 0 Å². The Balaban J connectivity index is 1.47. The van der Waals surface area contributed by atoms with Crippen molar-refractivity contribution in [1.82, 2.24) is 14.9 Å². The molecule has 1 aromatic carbocycles. The highest BCUT2D eigenvalue weighted by atomic mass is 19.1. The number of primary amides is 1. The average molecular weight is 472 g/mol. The summed E-state index contributed by atoms with van der Waals surface area (Å²) in [6.07, 6.45) is -0.173. The van der Waals surface area contributed by atoms with Crippen LogP contribution in [0.1, 0.15) is 48.7 Å². The van der Waals surface area contributed by atoms with Gasteiger partial charge in [0.1, 0.15) is 23.9 Å². The number of aromatic nitrogens is 2. The van der Waals surface area contributed by atoms with Crippen molar-refractivity contribution >= 4 is 23.5 Å². The molecule has 2 atom stereocenters. The van der Waals surface area contributed by atoms with Crippen LogP contribution in [0.4, 0.5) is 20.7 Å². The van der Waals surface area contributed by atoms with Gasteiger partial charge >= 0.3 is 6.09 Å². The molecule has 0 bridgehead atoms. The molecule has 2 amide bonds. The van der Waals surface area contributed by atoms with Gasteiger partial charge in [-0.25, -0.2) is 19.2 Å². The fourth-order valence-electron chi connectivity index (χ4n) is 4.24. The Morgan fingerprint density at radius 2 is 1.97 bits per heavy atom. The summed E-state index contributed by atoms with van der Waals surface area (Å²) in [5.41, 5.74) is 7.87. The summed E-state index contributed by atoms with van der Waals surface area (Å²) in [7, 11) is 0. The molecular weight excluding hydrogens is 441 g/mol. The average Bonchev–Trinajstić information content (AvgIpc) is 3.18. The zero-order chi connectivity index (χ0) is 24.6. The van der Waals surface area contributed by atoms with Crippen molar-refractivity contribution in [3.8, 4) is 5.88 Å². The van der Waals surface area contributed by atoms with E-state index in [1.54, 1.807) is 32.9 Å². The van der Waals surface area contributed by atoms with Crippen LogP contribution in [0.5, 0.6) is 5.88 Å². The predicted octanol–water partition coefficient (Wildman–Crippen LogP) is 3.30. The first kappa shape index (κ1) is 23.7. The highest BCUT2D eigenvalue weighted by Crippen LogP contribution is 2.37. The molecule has 2 N–H and O–H groups in total. The van der Waals surface area contributed by atoms with E-state index in [-0.39, 0.29) is 6.54 Å². The topological polar surface area (TPSA) is 111 Å². The standard InChI is InChI=1S/C24H30FN5O4/c1-14-21(30-10-7-15-11-16(20(26)31)5-6-18(15)30)27-13-28-22(14)33-19-8-9-29(12-17(19)25)23(32)34-24(2,3)4/h5-6,11,13,17,19H,7-10,12H2,1-4H3,(H2,26,31). The number of hydrogen-bond acceptors (Lipinski definition) is 7. The highest BCUT2D eigenvalue weighted by Gasteiger charge is 2.36. The van der Waals surface area contributed by atoms with Gasteiger partial charge in [-0.1, -0.05) is 0 Å². The van der Waals surface area contributed by atoms with E-state index < -0.39 is 29.9 Å². The number of carbonyl (C=O) groups is 2. The third-order valence-corrected chi connectivity index (χ3v) is 5.92. The van der Waals surface area contributed by atoms with Gasteiger partial charge in [0.05, 0.1) is 12.1 Å². The number of fused-ring (bicyclic) bond motifs is 1. The van der Waals surface area contributed by atoms with Crippen molar-refractivity contribution in [3.63, 3.8) is 0 Å². The SMILES string of the molecule is Cc1c(OC2CCN(C(=O)OC(C)(C)C)CC2F)ncnc1N1CCc2cc(C(N)=O)ccc21. The normalized spacial score (nSPS) is 20.1. The van der Waals surface area contributed by atoms with E-state index in [4.69, 9.17) is 15.2 Å². The Hall–Kier alpha value is -3.43. The number of anilines is 2. The second-order valence-electron chi connectivity index (χ2n) is 9.62. The second kappa shape index (κ2) is 9.08. The Bertz CT molecular complexity index is 1100. The number of halogens is 1. The number of likely N-dealkylation sites (tertiary alicyclic amines) is 1. The minimum Gasteiger partial charge on any atom is -0.471 e. The smallest absolute Gasteiger partial charge is 0.410 e. The lowest BCUT2D eigenvalue weighted by molar-refractivity contribution is -0.0116. The van der Waals surface area contributed by atoms with Crippen molar-refractivity contribution in [1.29, 1.82) is 0 Å². The van der Waals surface area contributed by atoms with Gasteiger partial charge in [-0.05, 0) is 57.9 Å². The minimum absolute atomic E-state index is 0.0989. The predicted molar refractivity (Wildman–Crippen MR) is 124 cm³/mol. The first-order chi connectivity index (χ1) is 16.0. The number of hydrogen-bond donors (Lipinski definition) is 1. The number of alkyl halides is 1. The van der Waals surface area contributed by atoms with E-state index in [9.17, 15) is 14.0 Å². The van der Waals surface area contributed by atoms with Crippen LogP contribution in [0.25, 0.3) is 0 Å². The van der Waals surface area contributed by atoms with Gasteiger partial charge in [-0.2, -0.15) is 0 Å². The van der Waals surface area contributed by atoms with E-state index in [2.05, 4.69) is 9.97 Å². The number of ether oxygens (including phenoxy) is 2. The van der Waals surface area contributed by atoms with Gasteiger partial charge in [0.2, 0.25) is 11.8 Å². The van der Waals surface area contributed by atoms with E-state index in [1.165, 1.54) is 11.2 Å². The first-order valence-electron chi connectivity index (χ1n) is 11.3. The zero-order valence-electron chi connectivity index (χ0n) is 19.9. The lowest BCUT2D eigenvalue weighted by Gasteiger charge is -2.35. The molecule has 1 fully saturated rings. The molecule has 34 heavy (non-hydrogen) atoms. The molecule has 2 unspecified atom stereocenters. The highest BCUT2D eigenvalue weighted by molar-refractivity contribution is 5.94. The molecule has 9 nitrogen and oxygen atoms in total. The van der Waals surface area contributed by atoms with Crippen molar-refractivity contribution in [2.24, 2.45) is 5.73 Å². The summed E-state index contributed by atoms with van der Waals surface area (Å²) in [6.45, 7) is 8.07. The van der Waals surface area contributed by atoms with E-state index in [0.29, 0.717) is 42.3 Å². The van der Waals surface area contributed by atoms with Crippen molar-refractivity contribution in [2.45, 2.75) is 58.4 Å². The van der Waals surface area contributed by atoms with E-state index in [0.717, 1.165) is 17.7 Å². The van der Waals surface area contributed by atoms with Gasteiger partial charge in [-0.3, -0.25) is 4.79 Å². The Morgan fingerprint density at radius 3 is 2.65 bits per heavy atom. The molecular formula is C24H30FN5O4. The number of amides is 2. The van der Waals surface area contributed by atoms with Crippen LogP contribution in [0.2, 0.25) is 0 Å². The molecule has 2 aromatic rings. The number of benzene rings is 1. The molecule has 0 spiro atoms.